The van der Waals surface area contributed by atoms with Gasteiger partial charge in [0.1, 0.15) is 19.0 Å². The molecule has 8 heteroatoms. The molecule has 0 spiro atoms. The highest BCUT2D eigenvalue weighted by molar-refractivity contribution is 6.31. The van der Waals surface area contributed by atoms with E-state index in [-0.39, 0.29) is 17.2 Å². The van der Waals surface area contributed by atoms with Gasteiger partial charge in [-0.05, 0) is 53.4 Å². The number of aromatic amines is 1. The van der Waals surface area contributed by atoms with Crippen LogP contribution in [0.2, 0.25) is 5.02 Å². The van der Waals surface area contributed by atoms with E-state index in [1.54, 1.807) is 18.2 Å². The number of hydrogen-bond donors (Lipinski definition) is 3. The Morgan fingerprint density at radius 1 is 1.12 bits per heavy atom. The Kier molecular flexibility index (Phi) is 6.13. The van der Waals surface area contributed by atoms with Gasteiger partial charge in [0.05, 0.1) is 23.2 Å². The number of amides is 1. The maximum absolute atomic E-state index is 13.7. The average Bonchev–Trinajstić information content (AvgIpc) is 3.27. The summed E-state index contributed by atoms with van der Waals surface area (Å²) in [5.74, 6) is -0.171. The molecule has 0 fully saturated rings. The molecule has 3 N–H and O–H groups in total. The van der Waals surface area contributed by atoms with Crippen LogP contribution in [0.3, 0.4) is 0 Å². The lowest BCUT2D eigenvalue weighted by molar-refractivity contribution is 0.0906. The van der Waals surface area contributed by atoms with Crippen LogP contribution in [-0.2, 0) is 6.42 Å². The number of hydrogen-bond acceptors (Lipinski definition) is 4. The summed E-state index contributed by atoms with van der Waals surface area (Å²) in [4.78, 5) is 16.5. The second kappa shape index (κ2) is 9.37. The number of ether oxygens (including phenoxy) is 2. The van der Waals surface area contributed by atoms with Gasteiger partial charge in [0.2, 0.25) is 0 Å². The Balaban J connectivity index is 1.45. The molecule has 1 atom stereocenters. The first-order valence-corrected chi connectivity index (χ1v) is 11.3. The maximum atomic E-state index is 13.7. The molecular formula is C26H22ClFN2O4. The van der Waals surface area contributed by atoms with Crippen LogP contribution in [0.5, 0.6) is 11.5 Å². The molecule has 0 radical (unpaired) electrons. The van der Waals surface area contributed by atoms with Crippen molar-refractivity contribution in [3.63, 3.8) is 0 Å². The first-order chi connectivity index (χ1) is 16.5. The van der Waals surface area contributed by atoms with Crippen molar-refractivity contribution in [2.45, 2.75) is 12.5 Å². The minimum absolute atomic E-state index is 0.0162. The van der Waals surface area contributed by atoms with E-state index in [0.29, 0.717) is 42.3 Å². The molecule has 4 aromatic rings. The molecule has 1 aliphatic rings. The summed E-state index contributed by atoms with van der Waals surface area (Å²) in [5, 5.41) is 13.9. The predicted molar refractivity (Wildman–Crippen MR) is 128 cm³/mol. The van der Waals surface area contributed by atoms with E-state index in [0.717, 1.165) is 16.5 Å². The molecule has 1 aliphatic heterocycles. The van der Waals surface area contributed by atoms with Gasteiger partial charge in [-0.15, -0.1) is 0 Å². The van der Waals surface area contributed by atoms with Crippen molar-refractivity contribution in [3.8, 4) is 22.6 Å². The fourth-order valence-electron chi connectivity index (χ4n) is 4.16. The smallest absolute Gasteiger partial charge is 0.255 e. The van der Waals surface area contributed by atoms with Gasteiger partial charge in [0, 0.05) is 17.1 Å². The number of nitrogens with one attached hydrogen (secondary N) is 2. The van der Waals surface area contributed by atoms with E-state index in [2.05, 4.69) is 10.3 Å². The zero-order valence-electron chi connectivity index (χ0n) is 18.1. The van der Waals surface area contributed by atoms with Crippen LogP contribution in [0.25, 0.3) is 22.0 Å². The third-order valence-electron chi connectivity index (χ3n) is 5.84. The molecule has 2 heterocycles. The van der Waals surface area contributed by atoms with E-state index >= 15 is 0 Å². The van der Waals surface area contributed by atoms with Crippen molar-refractivity contribution in [2.24, 2.45) is 0 Å². The lowest BCUT2D eigenvalue weighted by Gasteiger charge is -2.23. The Labute approximate surface area is 200 Å². The monoisotopic (exact) mass is 480 g/mol. The fraction of sp³-hybridized carbons (Fsp3) is 0.192. The van der Waals surface area contributed by atoms with Gasteiger partial charge in [-0.25, -0.2) is 4.39 Å². The molecule has 6 nitrogen and oxygen atoms in total. The van der Waals surface area contributed by atoms with Gasteiger partial charge in [-0.1, -0.05) is 35.9 Å². The van der Waals surface area contributed by atoms with Crippen LogP contribution in [0.1, 0.15) is 15.9 Å². The predicted octanol–water partition coefficient (Wildman–Crippen LogP) is 4.73. The van der Waals surface area contributed by atoms with Crippen LogP contribution in [0.15, 0.2) is 60.8 Å². The number of rotatable bonds is 6. The van der Waals surface area contributed by atoms with E-state index in [9.17, 15) is 14.3 Å². The minimum Gasteiger partial charge on any atom is -0.486 e. The highest BCUT2D eigenvalue weighted by atomic mass is 35.5. The lowest BCUT2D eigenvalue weighted by Crippen LogP contribution is -2.39. The molecule has 34 heavy (non-hydrogen) atoms. The number of aliphatic hydroxyl groups is 1. The van der Waals surface area contributed by atoms with Gasteiger partial charge in [0.15, 0.2) is 11.5 Å². The molecule has 0 aliphatic carbocycles. The van der Waals surface area contributed by atoms with Crippen molar-refractivity contribution in [1.82, 2.24) is 10.3 Å². The number of carbonyl (C=O) groups excluding carboxylic acids is 1. The van der Waals surface area contributed by atoms with E-state index < -0.39 is 17.8 Å². The summed E-state index contributed by atoms with van der Waals surface area (Å²) in [6.45, 7) is 0.424. The number of benzene rings is 3. The van der Waals surface area contributed by atoms with Crippen LogP contribution >= 0.6 is 11.6 Å². The summed E-state index contributed by atoms with van der Waals surface area (Å²) in [6.07, 6.45) is 2.33. The van der Waals surface area contributed by atoms with Gasteiger partial charge in [-0.2, -0.15) is 0 Å². The molecule has 5 rings (SSSR count). The summed E-state index contributed by atoms with van der Waals surface area (Å²) < 4.78 is 25.1. The van der Waals surface area contributed by atoms with Crippen LogP contribution < -0.4 is 14.8 Å². The SMILES string of the molecule is O=C(N[C@@H](CO)Cc1c[nH]c2ccccc12)c1cc(-c2ccc(F)c(Cl)c2)cc2c1OCCO2. The third kappa shape index (κ3) is 4.32. The first kappa shape index (κ1) is 22.3. The van der Waals surface area contributed by atoms with Gasteiger partial charge < -0.3 is 24.9 Å². The topological polar surface area (TPSA) is 83.6 Å². The van der Waals surface area contributed by atoms with Gasteiger partial charge in [0.25, 0.3) is 5.91 Å². The zero-order valence-corrected chi connectivity index (χ0v) is 18.9. The van der Waals surface area contributed by atoms with Crippen molar-refractivity contribution in [3.05, 3.63) is 82.8 Å². The van der Waals surface area contributed by atoms with Crippen molar-refractivity contribution < 1.29 is 23.8 Å². The normalized spacial score (nSPS) is 13.6. The number of aliphatic hydroxyl groups excluding tert-OH is 1. The van der Waals surface area contributed by atoms with E-state index in [1.807, 2.05) is 30.5 Å². The molecule has 0 saturated heterocycles. The third-order valence-corrected chi connectivity index (χ3v) is 6.13. The largest absolute Gasteiger partial charge is 0.486 e. The Morgan fingerprint density at radius 3 is 2.76 bits per heavy atom. The number of carbonyl (C=O) groups is 1. The quantitative estimate of drug-likeness (QED) is 0.372. The standard InChI is InChI=1S/C26H22ClFN2O4/c27-21-11-15(5-6-22(21)28)16-10-20(25-24(12-16)33-7-8-34-25)26(32)30-18(14-31)9-17-13-29-23-4-2-1-3-19(17)23/h1-6,10-13,18,29,31H,7-9,14H2,(H,30,32)/t18-/m1/s1. The zero-order chi connectivity index (χ0) is 23.7. The highest BCUT2D eigenvalue weighted by Gasteiger charge is 2.25. The number of aromatic nitrogens is 1. The second-order valence-electron chi connectivity index (χ2n) is 8.09. The molecule has 1 aromatic heterocycles. The highest BCUT2D eigenvalue weighted by Crippen LogP contribution is 2.39. The molecule has 174 valence electrons. The molecule has 0 bridgehead atoms. The number of halogens is 2. The number of para-hydroxylation sites is 1. The van der Waals surface area contributed by atoms with Gasteiger partial charge >= 0.3 is 0 Å². The van der Waals surface area contributed by atoms with Crippen LogP contribution in [-0.4, -0.2) is 41.9 Å². The van der Waals surface area contributed by atoms with E-state index in [4.69, 9.17) is 21.1 Å². The van der Waals surface area contributed by atoms with Crippen molar-refractivity contribution >= 4 is 28.4 Å². The Bertz CT molecular complexity index is 1370. The lowest BCUT2D eigenvalue weighted by atomic mass is 10.00. The number of H-pyrrole nitrogens is 1. The van der Waals surface area contributed by atoms with Crippen molar-refractivity contribution in [1.29, 1.82) is 0 Å². The average molecular weight is 481 g/mol. The summed E-state index contributed by atoms with van der Waals surface area (Å²) in [5.41, 5.74) is 3.52. The summed E-state index contributed by atoms with van der Waals surface area (Å²) in [7, 11) is 0. The van der Waals surface area contributed by atoms with E-state index in [1.165, 1.54) is 12.1 Å². The molecule has 3 aromatic carbocycles. The second-order valence-corrected chi connectivity index (χ2v) is 8.50. The van der Waals surface area contributed by atoms with Crippen LogP contribution in [0, 0.1) is 5.82 Å². The van der Waals surface area contributed by atoms with Crippen molar-refractivity contribution in [2.75, 3.05) is 19.8 Å². The number of fused-ring (bicyclic) bond motifs is 2. The summed E-state index contributed by atoms with van der Waals surface area (Å²) in [6, 6.07) is 15.1. The first-order valence-electron chi connectivity index (χ1n) is 10.9. The molecular weight excluding hydrogens is 459 g/mol. The molecule has 1 amide bonds. The van der Waals surface area contributed by atoms with Gasteiger partial charge in [-0.3, -0.25) is 4.79 Å². The maximum Gasteiger partial charge on any atom is 0.255 e. The van der Waals surface area contributed by atoms with Crippen LogP contribution in [0.4, 0.5) is 4.39 Å². The molecule has 0 unspecified atom stereocenters. The molecule has 0 saturated carbocycles. The Morgan fingerprint density at radius 2 is 1.94 bits per heavy atom. The summed E-state index contributed by atoms with van der Waals surface area (Å²) >= 11 is 5.97. The minimum atomic E-state index is -0.524. The fourth-order valence-corrected chi connectivity index (χ4v) is 4.34. The Hall–Kier alpha value is -3.55.